The summed E-state index contributed by atoms with van der Waals surface area (Å²) in [5, 5.41) is 5.87. The molecule has 0 aromatic carbocycles. The Morgan fingerprint density at radius 3 is 2.86 bits per heavy atom. The van der Waals surface area contributed by atoms with Crippen molar-refractivity contribution in [2.24, 2.45) is 5.10 Å². The third kappa shape index (κ3) is 0.938. The molecule has 1 aliphatic rings. The van der Waals surface area contributed by atoms with E-state index < -0.39 is 0 Å². The summed E-state index contributed by atoms with van der Waals surface area (Å²) in [4.78, 5) is 0.437. The molecule has 0 aromatic rings. The first kappa shape index (κ1) is 5.09. The lowest BCUT2D eigenvalue weighted by atomic mass is 10.5. The smallest absolute Gasteiger partial charge is 0.106 e. The minimum absolute atomic E-state index is 0.437. The summed E-state index contributed by atoms with van der Waals surface area (Å²) in [6, 6.07) is 0. The normalized spacial score (nSPS) is 29.4. The maximum atomic E-state index is 3.98. The van der Waals surface area contributed by atoms with Gasteiger partial charge in [0, 0.05) is 19.7 Å². The predicted molar refractivity (Wildman–Crippen MR) is 33.6 cm³/mol. The molecule has 3 heteroatoms. The summed E-state index contributed by atoms with van der Waals surface area (Å²) in [5.74, 6) is 0. The molecular weight excluding hydrogens is 156 g/mol. The summed E-state index contributed by atoms with van der Waals surface area (Å²) >= 11 is 3.40. The number of halogens is 1. The minimum Gasteiger partial charge on any atom is -0.286 e. The van der Waals surface area contributed by atoms with Crippen LogP contribution in [0.1, 0.15) is 6.42 Å². The van der Waals surface area contributed by atoms with Gasteiger partial charge in [0.15, 0.2) is 0 Å². The number of alkyl halides is 1. The summed E-state index contributed by atoms with van der Waals surface area (Å²) in [6.07, 6.45) is 2.93. The molecule has 1 rings (SSSR count). The first-order chi connectivity index (χ1) is 3.30. The molecule has 40 valence electrons. The SMILES string of the molecule is CN1N=CCC1Br. The fourth-order valence-electron chi connectivity index (χ4n) is 0.488. The highest BCUT2D eigenvalue weighted by Gasteiger charge is 2.10. The molecular formula is C4H7BrN2. The second-order valence-corrected chi connectivity index (χ2v) is 2.60. The molecule has 1 unspecified atom stereocenters. The second-order valence-electron chi connectivity index (χ2n) is 1.54. The van der Waals surface area contributed by atoms with Gasteiger partial charge in [0.2, 0.25) is 0 Å². The number of nitrogens with zero attached hydrogens (tertiary/aromatic N) is 2. The van der Waals surface area contributed by atoms with Crippen LogP contribution in [0.5, 0.6) is 0 Å². The number of hydrogen-bond donors (Lipinski definition) is 0. The van der Waals surface area contributed by atoms with Crippen LogP contribution in [0.3, 0.4) is 0 Å². The van der Waals surface area contributed by atoms with Crippen LogP contribution in [0.4, 0.5) is 0 Å². The lowest BCUT2D eigenvalue weighted by Crippen LogP contribution is -2.14. The summed E-state index contributed by atoms with van der Waals surface area (Å²) < 4.78 is 0. The molecule has 1 heterocycles. The Morgan fingerprint density at radius 2 is 2.71 bits per heavy atom. The van der Waals surface area contributed by atoms with Crippen molar-refractivity contribution in [2.75, 3.05) is 7.05 Å². The Balaban J connectivity index is 2.45. The molecule has 0 saturated heterocycles. The van der Waals surface area contributed by atoms with E-state index in [-0.39, 0.29) is 0 Å². The van der Waals surface area contributed by atoms with Gasteiger partial charge >= 0.3 is 0 Å². The van der Waals surface area contributed by atoms with Gasteiger partial charge in [-0.05, 0) is 0 Å². The van der Waals surface area contributed by atoms with Crippen LogP contribution in [0.2, 0.25) is 0 Å². The van der Waals surface area contributed by atoms with Crippen LogP contribution in [-0.4, -0.2) is 23.2 Å². The van der Waals surface area contributed by atoms with E-state index in [2.05, 4.69) is 21.0 Å². The third-order valence-electron chi connectivity index (χ3n) is 0.969. The van der Waals surface area contributed by atoms with Crippen molar-refractivity contribution in [2.45, 2.75) is 11.4 Å². The van der Waals surface area contributed by atoms with Crippen molar-refractivity contribution in [1.82, 2.24) is 5.01 Å². The molecule has 0 aliphatic carbocycles. The zero-order valence-electron chi connectivity index (χ0n) is 4.13. The number of hydrogen-bond acceptors (Lipinski definition) is 2. The van der Waals surface area contributed by atoms with E-state index in [0.29, 0.717) is 4.95 Å². The van der Waals surface area contributed by atoms with Crippen LogP contribution in [0, 0.1) is 0 Å². The van der Waals surface area contributed by atoms with E-state index >= 15 is 0 Å². The highest BCUT2D eigenvalue weighted by molar-refractivity contribution is 9.09. The van der Waals surface area contributed by atoms with Gasteiger partial charge in [0.25, 0.3) is 0 Å². The van der Waals surface area contributed by atoms with Gasteiger partial charge in [-0.15, -0.1) is 0 Å². The Labute approximate surface area is 51.3 Å². The summed E-state index contributed by atoms with van der Waals surface area (Å²) in [5.41, 5.74) is 0. The van der Waals surface area contributed by atoms with Crippen molar-refractivity contribution >= 4 is 22.1 Å². The third-order valence-corrected chi connectivity index (χ3v) is 1.94. The van der Waals surface area contributed by atoms with E-state index in [1.807, 2.05) is 18.3 Å². The number of hydrazone groups is 1. The molecule has 2 nitrogen and oxygen atoms in total. The van der Waals surface area contributed by atoms with Gasteiger partial charge in [-0.2, -0.15) is 5.10 Å². The molecule has 1 atom stereocenters. The van der Waals surface area contributed by atoms with Crippen LogP contribution < -0.4 is 0 Å². The quantitative estimate of drug-likeness (QED) is 0.384. The molecule has 0 amide bonds. The van der Waals surface area contributed by atoms with Gasteiger partial charge in [-0.25, -0.2) is 0 Å². The van der Waals surface area contributed by atoms with Crippen molar-refractivity contribution < 1.29 is 0 Å². The predicted octanol–water partition coefficient (Wildman–Crippen LogP) is 1.03. The molecule has 0 spiro atoms. The van der Waals surface area contributed by atoms with Crippen LogP contribution in [-0.2, 0) is 0 Å². The molecule has 0 radical (unpaired) electrons. The van der Waals surface area contributed by atoms with Crippen molar-refractivity contribution in [3.05, 3.63) is 0 Å². The minimum atomic E-state index is 0.437. The molecule has 0 aromatic heterocycles. The second kappa shape index (κ2) is 1.82. The first-order valence-corrected chi connectivity index (χ1v) is 3.11. The van der Waals surface area contributed by atoms with E-state index in [1.54, 1.807) is 0 Å². The Hall–Kier alpha value is -0.0500. The topological polar surface area (TPSA) is 15.6 Å². The van der Waals surface area contributed by atoms with Crippen LogP contribution in [0.15, 0.2) is 5.10 Å². The highest BCUT2D eigenvalue weighted by atomic mass is 79.9. The molecule has 0 saturated carbocycles. The van der Waals surface area contributed by atoms with Crippen LogP contribution >= 0.6 is 15.9 Å². The first-order valence-electron chi connectivity index (χ1n) is 2.20. The average molecular weight is 163 g/mol. The zero-order valence-corrected chi connectivity index (χ0v) is 5.72. The monoisotopic (exact) mass is 162 g/mol. The lowest BCUT2D eigenvalue weighted by Gasteiger charge is -2.09. The largest absolute Gasteiger partial charge is 0.286 e. The summed E-state index contributed by atoms with van der Waals surface area (Å²) in [6.45, 7) is 0. The van der Waals surface area contributed by atoms with Gasteiger partial charge in [-0.3, -0.25) is 5.01 Å². The zero-order chi connectivity index (χ0) is 5.28. The van der Waals surface area contributed by atoms with E-state index in [9.17, 15) is 0 Å². The van der Waals surface area contributed by atoms with Gasteiger partial charge < -0.3 is 0 Å². The summed E-state index contributed by atoms with van der Waals surface area (Å²) in [7, 11) is 1.95. The Kier molecular flexibility index (Phi) is 1.32. The Bertz CT molecular complexity index is 91.7. The van der Waals surface area contributed by atoms with Gasteiger partial charge in [-0.1, -0.05) is 15.9 Å². The maximum absolute atomic E-state index is 3.98. The van der Waals surface area contributed by atoms with Crippen LogP contribution in [0.25, 0.3) is 0 Å². The van der Waals surface area contributed by atoms with Gasteiger partial charge in [0.05, 0.1) is 0 Å². The van der Waals surface area contributed by atoms with Gasteiger partial charge in [0.1, 0.15) is 4.95 Å². The maximum Gasteiger partial charge on any atom is 0.106 e. The average Bonchev–Trinajstić information content (AvgIpc) is 1.91. The number of rotatable bonds is 0. The van der Waals surface area contributed by atoms with E-state index in [1.165, 1.54) is 0 Å². The fraction of sp³-hybridized carbons (Fsp3) is 0.750. The molecule has 7 heavy (non-hydrogen) atoms. The molecule has 0 N–H and O–H groups in total. The Morgan fingerprint density at radius 1 is 2.00 bits per heavy atom. The highest BCUT2D eigenvalue weighted by Crippen LogP contribution is 2.12. The standard InChI is InChI=1S/C4H7BrN2/c1-7-4(5)2-3-6-7/h3-4H,2H2,1H3. The molecule has 1 aliphatic heterocycles. The molecule has 0 bridgehead atoms. The van der Waals surface area contributed by atoms with Crippen molar-refractivity contribution in [3.63, 3.8) is 0 Å². The van der Waals surface area contributed by atoms with E-state index in [4.69, 9.17) is 0 Å². The lowest BCUT2D eigenvalue weighted by molar-refractivity contribution is 0.370. The van der Waals surface area contributed by atoms with Crippen molar-refractivity contribution in [1.29, 1.82) is 0 Å². The molecule has 0 fully saturated rings. The van der Waals surface area contributed by atoms with E-state index in [0.717, 1.165) is 6.42 Å². The fourth-order valence-corrected chi connectivity index (χ4v) is 0.761. The van der Waals surface area contributed by atoms with Crippen molar-refractivity contribution in [3.8, 4) is 0 Å².